The molecule has 2 aromatic carbocycles. The van der Waals surface area contributed by atoms with Crippen LogP contribution in [0.4, 0.5) is 5.13 Å². The van der Waals surface area contributed by atoms with E-state index in [1.807, 2.05) is 0 Å². The second-order valence-electron chi connectivity index (χ2n) is 6.96. The van der Waals surface area contributed by atoms with Crippen molar-refractivity contribution in [3.8, 4) is 0 Å². The Bertz CT molecular complexity index is 1150. The molecule has 1 fully saturated rings. The van der Waals surface area contributed by atoms with Crippen molar-refractivity contribution in [1.82, 2.24) is 4.98 Å². The summed E-state index contributed by atoms with van der Waals surface area (Å²) in [6.07, 6.45) is 2.97. The maximum Gasteiger partial charge on any atom is 0.260 e. The highest BCUT2D eigenvalue weighted by Gasteiger charge is 2.27. The number of benzene rings is 2. The van der Waals surface area contributed by atoms with E-state index in [9.17, 15) is 13.2 Å². The number of fused-ring (bicyclic) bond motifs is 1. The summed E-state index contributed by atoms with van der Waals surface area (Å²) in [7, 11) is -3.32. The Balaban J connectivity index is 1.73. The average molecular weight is 451 g/mol. The molecule has 1 atom stereocenters. The Labute approximate surface area is 178 Å². The molecule has 3 aromatic rings. The van der Waals surface area contributed by atoms with Crippen LogP contribution in [0.15, 0.2) is 47.4 Å². The van der Waals surface area contributed by atoms with Crippen molar-refractivity contribution in [3.05, 3.63) is 53.1 Å². The van der Waals surface area contributed by atoms with Crippen molar-refractivity contribution < 1.29 is 17.9 Å². The molecule has 152 valence electrons. The standard InChI is InChI=1S/C20H19ClN2O4S2/c1-29(25,26)16-8-9-17-18(11-16)28-20(22-17)23(12-15-3-2-10-27-15)19(24)13-4-6-14(21)7-5-13/h4-9,11,15H,2-3,10,12H2,1H3. The van der Waals surface area contributed by atoms with Gasteiger partial charge < -0.3 is 4.74 Å². The lowest BCUT2D eigenvalue weighted by atomic mass is 10.2. The number of hydrogen-bond acceptors (Lipinski definition) is 6. The van der Waals surface area contributed by atoms with Crippen molar-refractivity contribution in [2.75, 3.05) is 24.3 Å². The Morgan fingerprint density at radius 1 is 1.28 bits per heavy atom. The van der Waals surface area contributed by atoms with E-state index in [-0.39, 0.29) is 16.9 Å². The molecule has 9 heteroatoms. The van der Waals surface area contributed by atoms with Crippen LogP contribution in [0.25, 0.3) is 10.2 Å². The van der Waals surface area contributed by atoms with E-state index in [0.29, 0.717) is 39.1 Å². The van der Waals surface area contributed by atoms with Gasteiger partial charge in [0.15, 0.2) is 15.0 Å². The Kier molecular flexibility index (Phi) is 5.61. The number of rotatable bonds is 5. The molecule has 1 aliphatic rings. The van der Waals surface area contributed by atoms with E-state index in [2.05, 4.69) is 4.98 Å². The quantitative estimate of drug-likeness (QED) is 0.582. The summed E-state index contributed by atoms with van der Waals surface area (Å²) in [6.45, 7) is 1.07. The first-order valence-corrected chi connectivity index (χ1v) is 12.2. The number of carbonyl (C=O) groups excluding carboxylic acids is 1. The molecular formula is C20H19ClN2O4S2. The fourth-order valence-electron chi connectivity index (χ4n) is 3.23. The van der Waals surface area contributed by atoms with Crippen molar-refractivity contribution in [2.24, 2.45) is 0 Å². The topological polar surface area (TPSA) is 76.6 Å². The van der Waals surface area contributed by atoms with Gasteiger partial charge in [-0.05, 0) is 55.3 Å². The molecule has 0 saturated carbocycles. The van der Waals surface area contributed by atoms with Crippen LogP contribution in [0.3, 0.4) is 0 Å². The zero-order chi connectivity index (χ0) is 20.6. The molecule has 0 bridgehead atoms. The first-order chi connectivity index (χ1) is 13.8. The van der Waals surface area contributed by atoms with Gasteiger partial charge in [0.05, 0.1) is 27.8 Å². The number of ether oxygens (including phenoxy) is 1. The zero-order valence-corrected chi connectivity index (χ0v) is 18.1. The predicted octanol–water partition coefficient (Wildman–Crippen LogP) is 4.18. The van der Waals surface area contributed by atoms with Gasteiger partial charge in [0.1, 0.15) is 0 Å². The first-order valence-electron chi connectivity index (χ1n) is 9.11. The van der Waals surface area contributed by atoms with Crippen LogP contribution >= 0.6 is 22.9 Å². The van der Waals surface area contributed by atoms with Crippen molar-refractivity contribution >= 4 is 54.0 Å². The molecule has 4 rings (SSSR count). The molecule has 1 saturated heterocycles. The summed E-state index contributed by atoms with van der Waals surface area (Å²) in [5, 5.41) is 1.07. The molecule has 1 aromatic heterocycles. The molecule has 2 heterocycles. The molecule has 0 N–H and O–H groups in total. The lowest BCUT2D eigenvalue weighted by Gasteiger charge is -2.23. The van der Waals surface area contributed by atoms with Gasteiger partial charge in [0.25, 0.3) is 5.91 Å². The molecule has 1 aliphatic heterocycles. The highest BCUT2D eigenvalue weighted by Crippen LogP contribution is 2.32. The summed E-state index contributed by atoms with van der Waals surface area (Å²) < 4.78 is 30.2. The molecule has 1 amide bonds. The Morgan fingerprint density at radius 3 is 2.69 bits per heavy atom. The number of sulfone groups is 1. The van der Waals surface area contributed by atoms with Gasteiger partial charge in [-0.15, -0.1) is 0 Å². The fourth-order valence-corrected chi connectivity index (χ4v) is 5.09. The number of anilines is 1. The molecular weight excluding hydrogens is 432 g/mol. The lowest BCUT2D eigenvalue weighted by molar-refractivity contribution is 0.0917. The molecule has 29 heavy (non-hydrogen) atoms. The van der Waals surface area contributed by atoms with Gasteiger partial charge in [-0.3, -0.25) is 9.69 Å². The smallest absolute Gasteiger partial charge is 0.260 e. The lowest BCUT2D eigenvalue weighted by Crippen LogP contribution is -2.37. The fraction of sp³-hybridized carbons (Fsp3) is 0.300. The normalized spacial score (nSPS) is 17.0. The number of amides is 1. The Hall–Kier alpha value is -2.00. The minimum absolute atomic E-state index is 0.0511. The second-order valence-corrected chi connectivity index (χ2v) is 10.4. The maximum atomic E-state index is 13.2. The van der Waals surface area contributed by atoms with Crippen LogP contribution in [-0.4, -0.2) is 44.8 Å². The van der Waals surface area contributed by atoms with E-state index in [1.54, 1.807) is 41.3 Å². The van der Waals surface area contributed by atoms with Crippen LogP contribution in [0.2, 0.25) is 5.02 Å². The number of aromatic nitrogens is 1. The molecule has 1 unspecified atom stereocenters. The van der Waals surface area contributed by atoms with E-state index >= 15 is 0 Å². The number of nitrogens with zero attached hydrogens (tertiary/aromatic N) is 2. The molecule has 0 radical (unpaired) electrons. The van der Waals surface area contributed by atoms with Gasteiger partial charge in [-0.2, -0.15) is 0 Å². The second kappa shape index (κ2) is 8.02. The van der Waals surface area contributed by atoms with E-state index in [4.69, 9.17) is 16.3 Å². The van der Waals surface area contributed by atoms with E-state index in [1.165, 1.54) is 23.7 Å². The summed E-state index contributed by atoms with van der Waals surface area (Å²) in [6, 6.07) is 11.5. The average Bonchev–Trinajstić information content (AvgIpc) is 3.34. The van der Waals surface area contributed by atoms with Crippen LogP contribution in [0.5, 0.6) is 0 Å². The highest BCUT2D eigenvalue weighted by molar-refractivity contribution is 7.90. The van der Waals surface area contributed by atoms with Gasteiger partial charge >= 0.3 is 0 Å². The van der Waals surface area contributed by atoms with Gasteiger partial charge in [-0.1, -0.05) is 22.9 Å². The van der Waals surface area contributed by atoms with Gasteiger partial charge in [0, 0.05) is 23.4 Å². The summed E-state index contributed by atoms with van der Waals surface area (Å²) in [4.78, 5) is 19.7. The number of carbonyl (C=O) groups is 1. The van der Waals surface area contributed by atoms with Gasteiger partial charge in [-0.25, -0.2) is 13.4 Å². The van der Waals surface area contributed by atoms with Crippen LogP contribution in [-0.2, 0) is 14.6 Å². The van der Waals surface area contributed by atoms with Crippen molar-refractivity contribution in [3.63, 3.8) is 0 Å². The van der Waals surface area contributed by atoms with Crippen molar-refractivity contribution in [1.29, 1.82) is 0 Å². The SMILES string of the molecule is CS(=O)(=O)c1ccc2nc(N(CC3CCCO3)C(=O)c3ccc(Cl)cc3)sc2c1. The summed E-state index contributed by atoms with van der Waals surface area (Å²) in [5.74, 6) is -0.195. The predicted molar refractivity (Wildman–Crippen MR) is 115 cm³/mol. The van der Waals surface area contributed by atoms with Gasteiger partial charge in [0.2, 0.25) is 0 Å². The minimum atomic E-state index is -3.32. The van der Waals surface area contributed by atoms with E-state index < -0.39 is 9.84 Å². The molecule has 6 nitrogen and oxygen atoms in total. The van der Waals surface area contributed by atoms with E-state index in [0.717, 1.165) is 12.8 Å². The minimum Gasteiger partial charge on any atom is -0.376 e. The van der Waals surface area contributed by atoms with Crippen LogP contribution < -0.4 is 4.90 Å². The third-order valence-electron chi connectivity index (χ3n) is 4.75. The van der Waals surface area contributed by atoms with Crippen molar-refractivity contribution in [2.45, 2.75) is 23.8 Å². The third kappa shape index (κ3) is 4.45. The first kappa shape index (κ1) is 20.3. The number of hydrogen-bond donors (Lipinski definition) is 0. The molecule has 0 aliphatic carbocycles. The maximum absolute atomic E-state index is 13.2. The van der Waals surface area contributed by atoms with Crippen LogP contribution in [0, 0.1) is 0 Å². The Morgan fingerprint density at radius 2 is 2.03 bits per heavy atom. The molecule has 0 spiro atoms. The number of thiazole rings is 1. The summed E-state index contributed by atoms with van der Waals surface area (Å²) in [5.41, 5.74) is 1.15. The summed E-state index contributed by atoms with van der Waals surface area (Å²) >= 11 is 7.24. The van der Waals surface area contributed by atoms with Crippen LogP contribution in [0.1, 0.15) is 23.2 Å². The monoisotopic (exact) mass is 450 g/mol. The largest absolute Gasteiger partial charge is 0.376 e. The number of halogens is 1. The third-order valence-corrected chi connectivity index (χ3v) is 7.16. The highest BCUT2D eigenvalue weighted by atomic mass is 35.5. The zero-order valence-electron chi connectivity index (χ0n) is 15.7.